The van der Waals surface area contributed by atoms with Crippen LogP contribution in [0.15, 0.2) is 29.8 Å². The molecule has 2 heteroatoms. The van der Waals surface area contributed by atoms with Crippen LogP contribution in [0.4, 0.5) is 0 Å². The molecule has 3 rings (SSSR count). The molecule has 21 heavy (non-hydrogen) atoms. The van der Waals surface area contributed by atoms with Crippen molar-refractivity contribution >= 4 is 6.08 Å². The van der Waals surface area contributed by atoms with Crippen LogP contribution < -0.4 is 10.1 Å². The Morgan fingerprint density at radius 1 is 1.19 bits per heavy atom. The largest absolute Gasteiger partial charge is 0.497 e. The molecule has 2 aliphatic rings. The third-order valence-electron chi connectivity index (χ3n) is 4.75. The van der Waals surface area contributed by atoms with E-state index in [0.29, 0.717) is 0 Å². The summed E-state index contributed by atoms with van der Waals surface area (Å²) in [4.78, 5) is 0. The van der Waals surface area contributed by atoms with Crippen molar-refractivity contribution in [1.29, 1.82) is 0 Å². The maximum atomic E-state index is 5.35. The highest BCUT2D eigenvalue weighted by Crippen LogP contribution is 2.31. The van der Waals surface area contributed by atoms with Crippen LogP contribution in [0.2, 0.25) is 0 Å². The van der Waals surface area contributed by atoms with Crippen molar-refractivity contribution in [2.45, 2.75) is 51.0 Å². The zero-order valence-corrected chi connectivity index (χ0v) is 13.1. The maximum Gasteiger partial charge on any atom is 0.119 e. The molecule has 0 atom stereocenters. The van der Waals surface area contributed by atoms with Gasteiger partial charge in [0.1, 0.15) is 5.75 Å². The SMILES string of the molecule is COc1cccc(/C=C(/CNC2CC2)C2CCCCC2)c1. The fraction of sp³-hybridized carbons (Fsp3) is 0.579. The van der Waals surface area contributed by atoms with Gasteiger partial charge in [-0.05, 0) is 49.3 Å². The molecule has 1 N–H and O–H groups in total. The first kappa shape index (κ1) is 14.6. The van der Waals surface area contributed by atoms with Crippen molar-refractivity contribution in [3.8, 4) is 5.75 Å². The summed E-state index contributed by atoms with van der Waals surface area (Å²) < 4.78 is 5.35. The monoisotopic (exact) mass is 285 g/mol. The summed E-state index contributed by atoms with van der Waals surface area (Å²) in [5.74, 6) is 1.72. The van der Waals surface area contributed by atoms with Crippen LogP contribution in [0, 0.1) is 5.92 Å². The first-order chi connectivity index (χ1) is 10.3. The van der Waals surface area contributed by atoms with E-state index in [1.807, 2.05) is 6.07 Å². The molecule has 2 fully saturated rings. The number of nitrogens with one attached hydrogen (secondary N) is 1. The molecule has 0 aliphatic heterocycles. The summed E-state index contributed by atoms with van der Waals surface area (Å²) in [7, 11) is 1.74. The Morgan fingerprint density at radius 2 is 2.00 bits per heavy atom. The highest BCUT2D eigenvalue weighted by Gasteiger charge is 2.23. The van der Waals surface area contributed by atoms with Crippen LogP contribution in [0.3, 0.4) is 0 Å². The van der Waals surface area contributed by atoms with E-state index < -0.39 is 0 Å². The smallest absolute Gasteiger partial charge is 0.119 e. The van der Waals surface area contributed by atoms with Crippen molar-refractivity contribution in [2.24, 2.45) is 5.92 Å². The molecule has 2 nitrogen and oxygen atoms in total. The Kier molecular flexibility index (Phi) is 4.97. The fourth-order valence-electron chi connectivity index (χ4n) is 3.28. The molecule has 114 valence electrons. The number of rotatable bonds is 6. The van der Waals surface area contributed by atoms with E-state index in [4.69, 9.17) is 4.74 Å². The Bertz CT molecular complexity index is 484. The molecule has 0 aromatic heterocycles. The number of hydrogen-bond acceptors (Lipinski definition) is 2. The standard InChI is InChI=1S/C19H27NO/c1-21-19-9-5-6-15(13-19)12-17(14-20-18-10-11-18)16-7-3-2-4-8-16/h5-6,9,12-13,16,18,20H,2-4,7-8,10-11,14H2,1H3/b17-12-. The highest BCUT2D eigenvalue weighted by molar-refractivity contribution is 5.56. The molecule has 1 aromatic carbocycles. The van der Waals surface area contributed by atoms with Gasteiger partial charge in [0.2, 0.25) is 0 Å². The second-order valence-electron chi connectivity index (χ2n) is 6.49. The average Bonchev–Trinajstić information content (AvgIpc) is 3.37. The van der Waals surface area contributed by atoms with Gasteiger partial charge >= 0.3 is 0 Å². The van der Waals surface area contributed by atoms with Crippen molar-refractivity contribution in [3.05, 3.63) is 35.4 Å². The Balaban J connectivity index is 1.75. The minimum Gasteiger partial charge on any atom is -0.497 e. The molecule has 0 heterocycles. The van der Waals surface area contributed by atoms with E-state index in [9.17, 15) is 0 Å². The second-order valence-corrected chi connectivity index (χ2v) is 6.49. The summed E-state index contributed by atoms with van der Waals surface area (Å²) in [5, 5.41) is 3.70. The lowest BCUT2D eigenvalue weighted by Crippen LogP contribution is -2.24. The summed E-state index contributed by atoms with van der Waals surface area (Å²) in [6.45, 7) is 1.06. The fourth-order valence-corrected chi connectivity index (χ4v) is 3.28. The minimum absolute atomic E-state index is 0.774. The van der Waals surface area contributed by atoms with Gasteiger partial charge in [0, 0.05) is 12.6 Å². The van der Waals surface area contributed by atoms with Gasteiger partial charge < -0.3 is 10.1 Å². The predicted molar refractivity (Wildman–Crippen MR) is 88.6 cm³/mol. The lowest BCUT2D eigenvalue weighted by Gasteiger charge is -2.25. The summed E-state index contributed by atoms with van der Waals surface area (Å²) in [6, 6.07) is 9.20. The van der Waals surface area contributed by atoms with Crippen molar-refractivity contribution in [1.82, 2.24) is 5.32 Å². The van der Waals surface area contributed by atoms with Gasteiger partial charge in [0.25, 0.3) is 0 Å². The van der Waals surface area contributed by atoms with Crippen LogP contribution in [-0.4, -0.2) is 19.7 Å². The van der Waals surface area contributed by atoms with Gasteiger partial charge in [-0.1, -0.05) is 43.0 Å². The highest BCUT2D eigenvalue weighted by atomic mass is 16.5. The maximum absolute atomic E-state index is 5.35. The molecule has 0 spiro atoms. The quantitative estimate of drug-likeness (QED) is 0.836. The molecule has 2 aliphatic carbocycles. The molecule has 0 unspecified atom stereocenters. The second kappa shape index (κ2) is 7.13. The number of methoxy groups -OCH3 is 1. The average molecular weight is 285 g/mol. The van der Waals surface area contributed by atoms with Gasteiger partial charge in [-0.25, -0.2) is 0 Å². The lowest BCUT2D eigenvalue weighted by molar-refractivity contribution is 0.396. The first-order valence-corrected chi connectivity index (χ1v) is 8.43. The first-order valence-electron chi connectivity index (χ1n) is 8.43. The molecule has 0 amide bonds. The summed E-state index contributed by atoms with van der Waals surface area (Å²) >= 11 is 0. The number of benzene rings is 1. The van der Waals surface area contributed by atoms with Gasteiger partial charge in [-0.3, -0.25) is 0 Å². The van der Waals surface area contributed by atoms with Gasteiger partial charge in [0.05, 0.1) is 7.11 Å². The third-order valence-corrected chi connectivity index (χ3v) is 4.75. The Hall–Kier alpha value is -1.28. The minimum atomic E-state index is 0.774. The van der Waals surface area contributed by atoms with Crippen LogP contribution in [0.1, 0.15) is 50.5 Å². The van der Waals surface area contributed by atoms with Gasteiger partial charge in [0.15, 0.2) is 0 Å². The molecule has 0 saturated heterocycles. The van der Waals surface area contributed by atoms with Gasteiger partial charge in [-0.15, -0.1) is 0 Å². The molecular weight excluding hydrogens is 258 g/mol. The van der Waals surface area contributed by atoms with Crippen LogP contribution in [0.5, 0.6) is 5.75 Å². The normalized spacial score (nSPS) is 20.5. The lowest BCUT2D eigenvalue weighted by atomic mass is 9.83. The third kappa shape index (κ3) is 4.34. The van der Waals surface area contributed by atoms with Crippen molar-refractivity contribution < 1.29 is 4.74 Å². The van der Waals surface area contributed by atoms with Crippen molar-refractivity contribution in [3.63, 3.8) is 0 Å². The van der Waals surface area contributed by atoms with Crippen LogP contribution in [-0.2, 0) is 0 Å². The van der Waals surface area contributed by atoms with E-state index in [1.54, 1.807) is 12.7 Å². The van der Waals surface area contributed by atoms with Crippen LogP contribution >= 0.6 is 0 Å². The van der Waals surface area contributed by atoms with E-state index in [0.717, 1.165) is 24.3 Å². The van der Waals surface area contributed by atoms with Crippen molar-refractivity contribution in [2.75, 3.05) is 13.7 Å². The zero-order chi connectivity index (χ0) is 14.5. The Labute approximate surface area is 128 Å². The number of ether oxygens (including phenoxy) is 1. The van der Waals surface area contributed by atoms with Crippen LogP contribution in [0.25, 0.3) is 6.08 Å². The Morgan fingerprint density at radius 3 is 2.71 bits per heavy atom. The summed E-state index contributed by atoms with van der Waals surface area (Å²) in [6.07, 6.45) is 12.0. The zero-order valence-electron chi connectivity index (χ0n) is 13.1. The number of hydrogen-bond donors (Lipinski definition) is 1. The van der Waals surface area contributed by atoms with Gasteiger partial charge in [-0.2, -0.15) is 0 Å². The summed E-state index contributed by atoms with van der Waals surface area (Å²) in [5.41, 5.74) is 2.86. The van der Waals surface area contributed by atoms with E-state index in [2.05, 4.69) is 29.6 Å². The van der Waals surface area contributed by atoms with E-state index in [-0.39, 0.29) is 0 Å². The van der Waals surface area contributed by atoms with E-state index >= 15 is 0 Å². The molecule has 0 radical (unpaired) electrons. The van der Waals surface area contributed by atoms with E-state index in [1.165, 1.54) is 50.5 Å². The molecule has 0 bridgehead atoms. The topological polar surface area (TPSA) is 21.3 Å². The molecule has 2 saturated carbocycles. The molecule has 1 aromatic rings. The predicted octanol–water partition coefficient (Wildman–Crippen LogP) is 4.41. The molecular formula is C19H27NO.